The molecule has 0 bridgehead atoms. The van der Waals surface area contributed by atoms with Crippen molar-refractivity contribution in [3.05, 3.63) is 0 Å². The van der Waals surface area contributed by atoms with Crippen molar-refractivity contribution in [3.63, 3.8) is 0 Å². The predicted molar refractivity (Wildman–Crippen MR) is 84.9 cm³/mol. The van der Waals surface area contributed by atoms with Crippen LogP contribution in [0.5, 0.6) is 0 Å². The lowest BCUT2D eigenvalue weighted by molar-refractivity contribution is -0.902. The minimum atomic E-state index is -1.88. The number of aliphatic carboxylic acids is 1. The molecule has 0 aromatic carbocycles. The Kier molecular flexibility index (Phi) is 7.72. The largest absolute Gasteiger partial charge is 0.550 e. The van der Waals surface area contributed by atoms with Crippen molar-refractivity contribution < 1.29 is 24.3 Å². The summed E-state index contributed by atoms with van der Waals surface area (Å²) in [6.45, 7) is 7.90. The molecule has 1 N–H and O–H groups in total. The van der Waals surface area contributed by atoms with Gasteiger partial charge in [0.15, 0.2) is 11.4 Å². The highest BCUT2D eigenvalue weighted by atomic mass is 16.4. The van der Waals surface area contributed by atoms with E-state index >= 15 is 0 Å². The van der Waals surface area contributed by atoms with Crippen molar-refractivity contribution in [1.29, 1.82) is 0 Å². The van der Waals surface area contributed by atoms with Gasteiger partial charge in [0.1, 0.15) is 6.04 Å². The van der Waals surface area contributed by atoms with E-state index < -0.39 is 29.8 Å². The number of hydrogen-bond acceptors (Lipinski definition) is 4. The van der Waals surface area contributed by atoms with E-state index in [4.69, 9.17) is 0 Å². The van der Waals surface area contributed by atoms with E-state index in [1.165, 1.54) is 0 Å². The summed E-state index contributed by atoms with van der Waals surface area (Å²) < 4.78 is 0.334. The summed E-state index contributed by atoms with van der Waals surface area (Å²) >= 11 is 0. The molecule has 0 saturated heterocycles. The Balaban J connectivity index is 5.63. The van der Waals surface area contributed by atoms with Crippen LogP contribution in [0.25, 0.3) is 0 Å². The Morgan fingerprint density at radius 2 is 1.55 bits per heavy atom. The van der Waals surface area contributed by atoms with Crippen LogP contribution in [0.4, 0.5) is 0 Å². The smallest absolute Gasteiger partial charge is 0.180 e. The molecule has 0 rings (SSSR count). The second-order valence-electron chi connectivity index (χ2n) is 8.10. The zero-order valence-corrected chi connectivity index (χ0v) is 15.2. The molecule has 0 aliphatic heterocycles. The lowest BCUT2D eigenvalue weighted by atomic mass is 9.78. The fraction of sp³-hybridized carbons (Fsp3) is 0.882. The maximum atomic E-state index is 12.6. The minimum absolute atomic E-state index is 0.0685. The summed E-state index contributed by atoms with van der Waals surface area (Å²) in [5, 5.41) is 22.2. The number of rotatable bonds is 10. The minimum Gasteiger partial charge on any atom is -0.550 e. The zero-order chi connectivity index (χ0) is 17.7. The summed E-state index contributed by atoms with van der Waals surface area (Å²) in [6.07, 6.45) is 0.943. The van der Waals surface area contributed by atoms with Crippen LogP contribution < -0.4 is 5.11 Å². The Morgan fingerprint density at radius 3 is 1.86 bits per heavy atom. The number of quaternary nitrogens is 1. The van der Waals surface area contributed by atoms with Crippen LogP contribution in [0.2, 0.25) is 0 Å². The quantitative estimate of drug-likeness (QED) is 0.610. The molecule has 5 nitrogen and oxygen atoms in total. The van der Waals surface area contributed by atoms with Crippen molar-refractivity contribution in [1.82, 2.24) is 0 Å². The molecule has 130 valence electrons. The fourth-order valence-electron chi connectivity index (χ4n) is 2.93. The highest BCUT2D eigenvalue weighted by Gasteiger charge is 2.50. The lowest BCUT2D eigenvalue weighted by Gasteiger charge is -2.44. The van der Waals surface area contributed by atoms with Crippen molar-refractivity contribution in [2.75, 3.05) is 21.1 Å². The van der Waals surface area contributed by atoms with Gasteiger partial charge in [-0.1, -0.05) is 27.7 Å². The second kappa shape index (κ2) is 8.06. The molecule has 0 spiro atoms. The van der Waals surface area contributed by atoms with Gasteiger partial charge in [-0.15, -0.1) is 0 Å². The van der Waals surface area contributed by atoms with Crippen molar-refractivity contribution in [2.24, 2.45) is 11.8 Å². The summed E-state index contributed by atoms with van der Waals surface area (Å²) in [4.78, 5) is 23.7. The van der Waals surface area contributed by atoms with Crippen molar-refractivity contribution in [3.8, 4) is 0 Å². The number of likely N-dealkylation sites (N-methyl/N-ethyl adjacent to an activating group) is 1. The van der Waals surface area contributed by atoms with E-state index in [-0.39, 0.29) is 12.3 Å². The molecular formula is C17H33NO4. The predicted octanol–water partition coefficient (Wildman–Crippen LogP) is 0.984. The molecule has 0 amide bonds. The van der Waals surface area contributed by atoms with Gasteiger partial charge in [0.05, 0.1) is 21.1 Å². The van der Waals surface area contributed by atoms with Crippen LogP contribution >= 0.6 is 0 Å². The van der Waals surface area contributed by atoms with Crippen LogP contribution in [0.3, 0.4) is 0 Å². The Bertz CT molecular complexity index is 385. The van der Waals surface area contributed by atoms with E-state index in [1.54, 1.807) is 0 Å². The summed E-state index contributed by atoms with van der Waals surface area (Å²) in [6, 6.07) is -0.473. The van der Waals surface area contributed by atoms with Gasteiger partial charge in [0, 0.05) is 25.2 Å². The number of carboxylic acids is 1. The monoisotopic (exact) mass is 315 g/mol. The van der Waals surface area contributed by atoms with E-state index in [0.717, 1.165) is 6.42 Å². The third-order valence-electron chi connectivity index (χ3n) is 3.99. The number of carbonyl (C=O) groups is 2. The highest BCUT2D eigenvalue weighted by Crippen LogP contribution is 2.30. The zero-order valence-electron chi connectivity index (χ0n) is 15.2. The average Bonchev–Trinajstić information content (AvgIpc) is 2.24. The van der Waals surface area contributed by atoms with E-state index in [1.807, 2.05) is 35.0 Å². The molecule has 0 radical (unpaired) electrons. The number of carbonyl (C=O) groups excluding carboxylic acids is 2. The molecule has 0 saturated carbocycles. The summed E-state index contributed by atoms with van der Waals surface area (Å²) in [7, 11) is 5.65. The SMILES string of the molecule is CC(C)CCC(C(O)(CC(=O)[O-])C(=O)CC(C)C)[N+](C)(C)C. The molecule has 0 heterocycles. The number of aliphatic hydroxyl groups is 1. The number of ketones is 1. The summed E-state index contributed by atoms with van der Waals surface area (Å²) in [5.74, 6) is -1.29. The fourth-order valence-corrected chi connectivity index (χ4v) is 2.93. The highest BCUT2D eigenvalue weighted by molar-refractivity contribution is 5.91. The van der Waals surface area contributed by atoms with Gasteiger partial charge in [-0.2, -0.15) is 0 Å². The third-order valence-corrected chi connectivity index (χ3v) is 3.99. The first-order chi connectivity index (χ1) is 9.80. The van der Waals surface area contributed by atoms with Crippen molar-refractivity contribution >= 4 is 11.8 Å². The Morgan fingerprint density at radius 1 is 1.05 bits per heavy atom. The number of hydrogen-bond donors (Lipinski definition) is 1. The van der Waals surface area contributed by atoms with Gasteiger partial charge < -0.3 is 19.5 Å². The molecular weight excluding hydrogens is 282 g/mol. The lowest BCUT2D eigenvalue weighted by Crippen LogP contribution is -2.64. The van der Waals surface area contributed by atoms with Crippen LogP contribution in [-0.2, 0) is 9.59 Å². The molecule has 0 aliphatic carbocycles. The molecule has 2 unspecified atom stereocenters. The van der Waals surface area contributed by atoms with Gasteiger partial charge in [-0.3, -0.25) is 4.79 Å². The first-order valence-electron chi connectivity index (χ1n) is 8.07. The molecule has 2 atom stereocenters. The second-order valence-corrected chi connectivity index (χ2v) is 8.10. The maximum Gasteiger partial charge on any atom is 0.180 e. The number of Topliss-reactive ketones (excluding diaryl/α,β-unsaturated/α-hetero) is 1. The van der Waals surface area contributed by atoms with Gasteiger partial charge in [0.25, 0.3) is 0 Å². The van der Waals surface area contributed by atoms with Crippen LogP contribution in [0, 0.1) is 11.8 Å². The summed E-state index contributed by atoms with van der Waals surface area (Å²) in [5.41, 5.74) is -1.88. The Labute approximate surface area is 134 Å². The van der Waals surface area contributed by atoms with Gasteiger partial charge in [0.2, 0.25) is 0 Å². The van der Waals surface area contributed by atoms with E-state index in [2.05, 4.69) is 13.8 Å². The van der Waals surface area contributed by atoms with Crippen LogP contribution in [-0.4, -0.2) is 54.1 Å². The number of carboxylic acid groups (broad SMARTS) is 1. The molecule has 0 aromatic heterocycles. The van der Waals surface area contributed by atoms with Gasteiger partial charge in [-0.25, -0.2) is 0 Å². The van der Waals surface area contributed by atoms with E-state index in [9.17, 15) is 19.8 Å². The normalized spacial score (nSPS) is 16.6. The Hall–Kier alpha value is -0.940. The van der Waals surface area contributed by atoms with Crippen LogP contribution in [0.1, 0.15) is 53.4 Å². The molecule has 22 heavy (non-hydrogen) atoms. The molecule has 0 aromatic rings. The van der Waals surface area contributed by atoms with Crippen molar-refractivity contribution in [2.45, 2.75) is 65.0 Å². The third kappa shape index (κ3) is 6.44. The van der Waals surface area contributed by atoms with Gasteiger partial charge >= 0.3 is 0 Å². The number of nitrogens with zero attached hydrogens (tertiary/aromatic N) is 1. The van der Waals surface area contributed by atoms with Crippen LogP contribution in [0.15, 0.2) is 0 Å². The maximum absolute atomic E-state index is 12.6. The van der Waals surface area contributed by atoms with E-state index in [0.29, 0.717) is 16.8 Å². The molecule has 0 aliphatic rings. The topological polar surface area (TPSA) is 77.4 Å². The first-order valence-corrected chi connectivity index (χ1v) is 8.07. The standard InChI is InChI=1S/C17H33NO4/c1-12(2)8-9-14(18(5,6)7)17(22,11-16(20)21)15(19)10-13(3)4/h12-14,22H,8-11H2,1-7H3. The van der Waals surface area contributed by atoms with Gasteiger partial charge in [-0.05, 0) is 18.3 Å². The molecule has 0 fully saturated rings. The first kappa shape index (κ1) is 21.1. The average molecular weight is 315 g/mol. The molecule has 5 heteroatoms.